The molecule has 0 saturated heterocycles. The predicted molar refractivity (Wildman–Crippen MR) is 127 cm³/mol. The zero-order valence-electron chi connectivity index (χ0n) is 20.5. The van der Waals surface area contributed by atoms with Crippen LogP contribution < -0.4 is 4.74 Å². The monoisotopic (exact) mass is 432 g/mol. The number of hydrogen-bond donors (Lipinski definition) is 1. The number of hydrogen-bond acceptors (Lipinski definition) is 4. The van der Waals surface area contributed by atoms with Gasteiger partial charge in [0.1, 0.15) is 11.5 Å². The van der Waals surface area contributed by atoms with E-state index in [1.807, 2.05) is 13.0 Å². The third kappa shape index (κ3) is 7.73. The predicted octanol–water partition coefficient (Wildman–Crippen LogP) is 7.24. The first kappa shape index (κ1) is 25.5. The van der Waals surface area contributed by atoms with Crippen LogP contribution in [0.25, 0.3) is 0 Å². The SMILES string of the molecule is CCCCCCCCCCCCOC(=O)C1(C)CCc2cc(O)c(C(C)(C)C)cc2O1. The summed E-state index contributed by atoms with van der Waals surface area (Å²) in [6.07, 6.45) is 13.8. The molecule has 1 unspecified atom stereocenters. The number of phenolic OH excluding ortho intramolecular Hbond substituents is 1. The fourth-order valence-corrected chi connectivity index (χ4v) is 4.22. The number of unbranched alkanes of at least 4 members (excludes halogenated alkanes) is 9. The van der Waals surface area contributed by atoms with E-state index in [1.54, 1.807) is 6.07 Å². The van der Waals surface area contributed by atoms with E-state index in [0.717, 1.165) is 24.0 Å². The number of ether oxygens (including phenoxy) is 2. The van der Waals surface area contributed by atoms with Crippen molar-refractivity contribution in [2.24, 2.45) is 0 Å². The molecule has 1 aliphatic heterocycles. The molecule has 0 spiro atoms. The van der Waals surface area contributed by atoms with E-state index >= 15 is 0 Å². The van der Waals surface area contributed by atoms with Crippen LogP contribution in [0.2, 0.25) is 0 Å². The molecule has 31 heavy (non-hydrogen) atoms. The van der Waals surface area contributed by atoms with Gasteiger partial charge in [0.2, 0.25) is 5.60 Å². The van der Waals surface area contributed by atoms with Crippen molar-refractivity contribution >= 4 is 5.97 Å². The highest BCUT2D eigenvalue weighted by Crippen LogP contribution is 2.41. The van der Waals surface area contributed by atoms with Gasteiger partial charge in [0.15, 0.2) is 0 Å². The fourth-order valence-electron chi connectivity index (χ4n) is 4.22. The van der Waals surface area contributed by atoms with Gasteiger partial charge in [-0.2, -0.15) is 0 Å². The van der Waals surface area contributed by atoms with Crippen LogP contribution >= 0.6 is 0 Å². The number of carbonyl (C=O) groups is 1. The van der Waals surface area contributed by atoms with Crippen LogP contribution in [0, 0.1) is 0 Å². The molecule has 1 N–H and O–H groups in total. The standard InChI is InChI=1S/C27H44O4/c1-6-7-8-9-10-11-12-13-14-15-18-30-25(29)27(5)17-16-21-19-23(28)22(26(2,3)4)20-24(21)31-27/h19-20,28H,6-18H2,1-5H3. The molecular weight excluding hydrogens is 388 g/mol. The molecule has 176 valence electrons. The molecule has 0 aliphatic carbocycles. The van der Waals surface area contributed by atoms with E-state index in [2.05, 4.69) is 27.7 Å². The Hall–Kier alpha value is -1.71. The van der Waals surface area contributed by atoms with Gasteiger partial charge in [-0.15, -0.1) is 0 Å². The van der Waals surface area contributed by atoms with E-state index in [1.165, 1.54) is 51.4 Å². The van der Waals surface area contributed by atoms with Crippen molar-refractivity contribution in [3.63, 3.8) is 0 Å². The average Bonchev–Trinajstić information content (AvgIpc) is 2.71. The summed E-state index contributed by atoms with van der Waals surface area (Å²) < 4.78 is 11.7. The lowest BCUT2D eigenvalue weighted by molar-refractivity contribution is -0.162. The van der Waals surface area contributed by atoms with Gasteiger partial charge in [0, 0.05) is 12.0 Å². The summed E-state index contributed by atoms with van der Waals surface area (Å²) in [5.41, 5.74) is 0.615. The summed E-state index contributed by atoms with van der Waals surface area (Å²) in [4.78, 5) is 12.7. The largest absolute Gasteiger partial charge is 0.508 e. The molecule has 0 aromatic heterocycles. The number of esters is 1. The van der Waals surface area contributed by atoms with Gasteiger partial charge in [-0.25, -0.2) is 4.79 Å². The smallest absolute Gasteiger partial charge is 0.350 e. The number of fused-ring (bicyclic) bond motifs is 1. The molecule has 1 atom stereocenters. The van der Waals surface area contributed by atoms with Crippen LogP contribution in [-0.4, -0.2) is 23.3 Å². The summed E-state index contributed by atoms with van der Waals surface area (Å²) in [7, 11) is 0. The number of aryl methyl sites for hydroxylation is 1. The Kier molecular flexibility index (Phi) is 9.71. The minimum Gasteiger partial charge on any atom is -0.508 e. The van der Waals surface area contributed by atoms with Crippen molar-refractivity contribution < 1.29 is 19.4 Å². The molecule has 0 radical (unpaired) electrons. The minimum absolute atomic E-state index is 0.202. The summed E-state index contributed by atoms with van der Waals surface area (Å²) >= 11 is 0. The summed E-state index contributed by atoms with van der Waals surface area (Å²) in [6.45, 7) is 10.7. The third-order valence-corrected chi connectivity index (χ3v) is 6.36. The van der Waals surface area contributed by atoms with Crippen LogP contribution in [0.15, 0.2) is 12.1 Å². The van der Waals surface area contributed by atoms with Crippen molar-refractivity contribution in [3.8, 4) is 11.5 Å². The lowest BCUT2D eigenvalue weighted by atomic mass is 9.83. The first-order valence-corrected chi connectivity index (χ1v) is 12.4. The summed E-state index contributed by atoms with van der Waals surface area (Å²) in [5, 5.41) is 10.4. The lowest BCUT2D eigenvalue weighted by Gasteiger charge is -2.34. The molecular formula is C27H44O4. The van der Waals surface area contributed by atoms with Gasteiger partial charge in [0.25, 0.3) is 0 Å². The normalized spacial score (nSPS) is 18.4. The lowest BCUT2D eigenvalue weighted by Crippen LogP contribution is -2.45. The molecule has 2 rings (SSSR count). The zero-order valence-corrected chi connectivity index (χ0v) is 20.5. The summed E-state index contributed by atoms with van der Waals surface area (Å²) in [6, 6.07) is 3.67. The van der Waals surface area contributed by atoms with Crippen molar-refractivity contribution in [1.82, 2.24) is 0 Å². The molecule has 0 bridgehead atoms. The average molecular weight is 433 g/mol. The summed E-state index contributed by atoms with van der Waals surface area (Å²) in [5.74, 6) is 0.703. The van der Waals surface area contributed by atoms with Gasteiger partial charge in [-0.3, -0.25) is 0 Å². The van der Waals surface area contributed by atoms with Crippen LogP contribution in [0.5, 0.6) is 11.5 Å². The quantitative estimate of drug-likeness (QED) is 0.279. The highest BCUT2D eigenvalue weighted by molar-refractivity contribution is 5.80. The van der Waals surface area contributed by atoms with Crippen molar-refractivity contribution in [2.75, 3.05) is 6.61 Å². The second-order valence-electron chi connectivity index (χ2n) is 10.4. The van der Waals surface area contributed by atoms with Crippen LogP contribution in [0.1, 0.15) is 116 Å². The van der Waals surface area contributed by atoms with Crippen molar-refractivity contribution in [2.45, 2.75) is 123 Å². The number of benzene rings is 1. The molecule has 4 heteroatoms. The molecule has 4 nitrogen and oxygen atoms in total. The van der Waals surface area contributed by atoms with E-state index < -0.39 is 5.60 Å². The molecule has 1 heterocycles. The first-order valence-electron chi connectivity index (χ1n) is 12.4. The number of rotatable bonds is 12. The minimum atomic E-state index is -0.961. The maximum atomic E-state index is 12.7. The molecule has 0 amide bonds. The zero-order chi connectivity index (χ0) is 22.9. The number of phenols is 1. The third-order valence-electron chi connectivity index (χ3n) is 6.36. The maximum Gasteiger partial charge on any atom is 0.350 e. The van der Waals surface area contributed by atoms with Crippen LogP contribution in [0.4, 0.5) is 0 Å². The highest BCUT2D eigenvalue weighted by Gasteiger charge is 2.41. The Balaban J connectivity index is 1.73. The van der Waals surface area contributed by atoms with Crippen LogP contribution in [0.3, 0.4) is 0 Å². The fraction of sp³-hybridized carbons (Fsp3) is 0.741. The highest BCUT2D eigenvalue weighted by atomic mass is 16.6. The van der Waals surface area contributed by atoms with Gasteiger partial charge in [-0.05, 0) is 42.9 Å². The van der Waals surface area contributed by atoms with E-state index in [4.69, 9.17) is 9.47 Å². The Morgan fingerprint density at radius 3 is 2.19 bits per heavy atom. The Morgan fingerprint density at radius 1 is 1.03 bits per heavy atom. The Bertz CT molecular complexity index is 704. The molecule has 0 fully saturated rings. The van der Waals surface area contributed by atoms with Crippen LogP contribution in [-0.2, 0) is 21.4 Å². The second-order valence-corrected chi connectivity index (χ2v) is 10.4. The molecule has 1 aromatic rings. The van der Waals surface area contributed by atoms with E-state index in [0.29, 0.717) is 30.9 Å². The second kappa shape index (κ2) is 11.8. The van der Waals surface area contributed by atoms with Gasteiger partial charge >= 0.3 is 5.97 Å². The van der Waals surface area contributed by atoms with Gasteiger partial charge in [-0.1, -0.05) is 85.5 Å². The van der Waals surface area contributed by atoms with E-state index in [-0.39, 0.29) is 11.4 Å². The Labute approximate surface area is 189 Å². The topological polar surface area (TPSA) is 55.8 Å². The van der Waals surface area contributed by atoms with Crippen molar-refractivity contribution in [1.29, 1.82) is 0 Å². The molecule has 1 aliphatic rings. The Morgan fingerprint density at radius 2 is 1.61 bits per heavy atom. The number of aromatic hydroxyl groups is 1. The van der Waals surface area contributed by atoms with Gasteiger partial charge in [0.05, 0.1) is 6.61 Å². The molecule has 1 aromatic carbocycles. The van der Waals surface area contributed by atoms with Crippen molar-refractivity contribution in [3.05, 3.63) is 23.3 Å². The van der Waals surface area contributed by atoms with E-state index in [9.17, 15) is 9.90 Å². The first-order chi connectivity index (χ1) is 14.7. The number of carbonyl (C=O) groups excluding carboxylic acids is 1. The van der Waals surface area contributed by atoms with Gasteiger partial charge < -0.3 is 14.6 Å². The molecule has 0 saturated carbocycles. The maximum absolute atomic E-state index is 12.7.